The highest BCUT2D eigenvalue weighted by Crippen LogP contribution is 2.12. The summed E-state index contributed by atoms with van der Waals surface area (Å²) in [5, 5.41) is 3.99. The van der Waals surface area contributed by atoms with Crippen LogP contribution in [0.15, 0.2) is 42.0 Å². The second-order valence-corrected chi connectivity index (χ2v) is 3.95. The molecule has 102 valence electrons. The number of imide groups is 2. The van der Waals surface area contributed by atoms with Gasteiger partial charge in [-0.05, 0) is 23.8 Å². The van der Waals surface area contributed by atoms with E-state index in [1.807, 2.05) is 22.8 Å². The van der Waals surface area contributed by atoms with Gasteiger partial charge in [0.15, 0.2) is 0 Å². The van der Waals surface area contributed by atoms with Crippen molar-refractivity contribution < 1.29 is 19.1 Å². The minimum Gasteiger partial charge on any atom is -0.497 e. The Labute approximate surface area is 115 Å². The zero-order valence-electron chi connectivity index (χ0n) is 10.7. The molecule has 1 aromatic rings. The molecule has 0 bridgehead atoms. The van der Waals surface area contributed by atoms with Gasteiger partial charge in [-0.1, -0.05) is 24.3 Å². The van der Waals surface area contributed by atoms with Gasteiger partial charge in [-0.25, -0.2) is 4.79 Å². The van der Waals surface area contributed by atoms with E-state index in [9.17, 15) is 14.4 Å². The van der Waals surface area contributed by atoms with Crippen molar-refractivity contribution in [3.05, 3.63) is 47.6 Å². The largest absolute Gasteiger partial charge is 0.497 e. The smallest absolute Gasteiger partial charge is 0.328 e. The van der Waals surface area contributed by atoms with Crippen molar-refractivity contribution in [1.29, 1.82) is 0 Å². The summed E-state index contributed by atoms with van der Waals surface area (Å²) in [6.07, 6.45) is 4.64. The molecule has 0 unspecified atom stereocenters. The van der Waals surface area contributed by atoms with E-state index in [4.69, 9.17) is 4.74 Å². The summed E-state index contributed by atoms with van der Waals surface area (Å²) >= 11 is 0. The maximum Gasteiger partial charge on any atom is 0.328 e. The molecule has 6 heteroatoms. The van der Waals surface area contributed by atoms with Crippen LogP contribution in [0, 0.1) is 0 Å². The van der Waals surface area contributed by atoms with Crippen molar-refractivity contribution in [3.8, 4) is 5.75 Å². The normalized spacial score (nSPS) is 15.1. The summed E-state index contributed by atoms with van der Waals surface area (Å²) in [4.78, 5) is 33.7. The van der Waals surface area contributed by atoms with Gasteiger partial charge in [0.1, 0.15) is 11.3 Å². The third-order valence-electron chi connectivity index (χ3n) is 2.61. The maximum atomic E-state index is 11.4. The van der Waals surface area contributed by atoms with Gasteiger partial charge in [-0.15, -0.1) is 0 Å². The molecule has 20 heavy (non-hydrogen) atoms. The molecule has 1 heterocycles. The summed E-state index contributed by atoms with van der Waals surface area (Å²) in [5.74, 6) is -0.679. The minimum absolute atomic E-state index is 0.116. The maximum absolute atomic E-state index is 11.4. The van der Waals surface area contributed by atoms with Crippen molar-refractivity contribution >= 4 is 23.9 Å². The molecule has 0 saturated carbocycles. The number of amides is 4. The highest BCUT2D eigenvalue weighted by atomic mass is 16.5. The van der Waals surface area contributed by atoms with Crippen LogP contribution >= 0.6 is 0 Å². The van der Waals surface area contributed by atoms with Crippen LogP contribution in [-0.2, 0) is 9.59 Å². The number of barbiturate groups is 1. The molecule has 0 atom stereocenters. The molecule has 0 aliphatic carbocycles. The molecule has 6 nitrogen and oxygen atoms in total. The Morgan fingerprint density at radius 2 is 1.60 bits per heavy atom. The Balaban J connectivity index is 2.10. The molecule has 0 spiro atoms. The fourth-order valence-electron chi connectivity index (χ4n) is 1.60. The van der Waals surface area contributed by atoms with E-state index in [1.54, 1.807) is 31.4 Å². The van der Waals surface area contributed by atoms with Gasteiger partial charge in [0, 0.05) is 0 Å². The zero-order valence-corrected chi connectivity index (χ0v) is 10.7. The molecule has 0 aromatic heterocycles. The molecule has 4 amide bonds. The van der Waals surface area contributed by atoms with Crippen LogP contribution in [0.5, 0.6) is 5.75 Å². The topological polar surface area (TPSA) is 84.5 Å². The third kappa shape index (κ3) is 3.11. The third-order valence-corrected chi connectivity index (χ3v) is 2.61. The number of carbonyl (C=O) groups excluding carboxylic acids is 3. The van der Waals surface area contributed by atoms with Crippen LogP contribution in [-0.4, -0.2) is 25.0 Å². The molecule has 0 radical (unpaired) electrons. The van der Waals surface area contributed by atoms with Gasteiger partial charge in [0.05, 0.1) is 7.11 Å². The number of hydrogen-bond acceptors (Lipinski definition) is 4. The van der Waals surface area contributed by atoms with E-state index in [0.29, 0.717) is 0 Å². The standard InChI is InChI=1S/C14H12N2O4/c1-20-10-7-5-9(6-8-10)3-2-4-11-12(17)15-14(19)16-13(11)18/h2-8H,1H3,(H2,15,16,17,18,19). The summed E-state index contributed by atoms with van der Waals surface area (Å²) < 4.78 is 5.03. The van der Waals surface area contributed by atoms with Crippen LogP contribution in [0.3, 0.4) is 0 Å². The first-order valence-electron chi connectivity index (χ1n) is 5.79. The summed E-state index contributed by atoms with van der Waals surface area (Å²) in [6, 6.07) is 6.45. The SMILES string of the molecule is COc1ccc(C=CC=C2C(=O)NC(=O)NC2=O)cc1. The quantitative estimate of drug-likeness (QED) is 0.635. The predicted octanol–water partition coefficient (Wildman–Crippen LogP) is 1.00. The number of carbonyl (C=O) groups is 3. The van der Waals surface area contributed by atoms with Crippen LogP contribution in [0.25, 0.3) is 6.08 Å². The first-order chi connectivity index (χ1) is 9.60. The summed E-state index contributed by atoms with van der Waals surface area (Å²) in [5.41, 5.74) is 0.768. The Morgan fingerprint density at radius 3 is 2.15 bits per heavy atom. The Bertz CT molecular complexity index is 593. The highest BCUT2D eigenvalue weighted by molar-refractivity contribution is 6.29. The summed E-state index contributed by atoms with van der Waals surface area (Å²) in [7, 11) is 1.58. The van der Waals surface area contributed by atoms with Gasteiger partial charge in [0.2, 0.25) is 0 Å². The molecule has 1 fully saturated rings. The van der Waals surface area contributed by atoms with E-state index >= 15 is 0 Å². The average Bonchev–Trinajstić information content (AvgIpc) is 2.42. The number of urea groups is 1. The van der Waals surface area contributed by atoms with E-state index in [1.165, 1.54) is 6.08 Å². The molecular weight excluding hydrogens is 260 g/mol. The number of rotatable bonds is 3. The van der Waals surface area contributed by atoms with Crippen molar-refractivity contribution in [2.24, 2.45) is 0 Å². The lowest BCUT2D eigenvalue weighted by Crippen LogP contribution is -2.51. The number of allylic oxidation sites excluding steroid dienone is 2. The Kier molecular flexibility index (Phi) is 3.95. The van der Waals surface area contributed by atoms with E-state index in [2.05, 4.69) is 0 Å². The molecule has 2 N–H and O–H groups in total. The number of hydrogen-bond donors (Lipinski definition) is 2. The number of methoxy groups -OCH3 is 1. The molecule has 2 rings (SSSR count). The van der Waals surface area contributed by atoms with E-state index in [-0.39, 0.29) is 5.57 Å². The first kappa shape index (κ1) is 13.5. The summed E-state index contributed by atoms with van der Waals surface area (Å²) in [6.45, 7) is 0. The Morgan fingerprint density at radius 1 is 1.00 bits per heavy atom. The molecule has 1 aromatic carbocycles. The van der Waals surface area contributed by atoms with Crippen LogP contribution < -0.4 is 15.4 Å². The van der Waals surface area contributed by atoms with E-state index in [0.717, 1.165) is 11.3 Å². The lowest BCUT2D eigenvalue weighted by atomic mass is 10.1. The first-order valence-corrected chi connectivity index (χ1v) is 5.79. The molecule has 1 aliphatic heterocycles. The highest BCUT2D eigenvalue weighted by Gasteiger charge is 2.26. The lowest BCUT2D eigenvalue weighted by Gasteiger charge is -2.12. The van der Waals surface area contributed by atoms with Gasteiger partial charge in [-0.2, -0.15) is 0 Å². The molecule has 1 aliphatic rings. The fourth-order valence-corrected chi connectivity index (χ4v) is 1.60. The second kappa shape index (κ2) is 5.83. The van der Waals surface area contributed by atoms with Gasteiger partial charge < -0.3 is 4.74 Å². The van der Waals surface area contributed by atoms with Crippen LogP contribution in [0.4, 0.5) is 4.79 Å². The fraction of sp³-hybridized carbons (Fsp3) is 0.0714. The zero-order chi connectivity index (χ0) is 14.5. The number of ether oxygens (including phenoxy) is 1. The average molecular weight is 272 g/mol. The van der Waals surface area contributed by atoms with Crippen molar-refractivity contribution in [2.75, 3.05) is 7.11 Å². The predicted molar refractivity (Wildman–Crippen MR) is 71.8 cm³/mol. The van der Waals surface area contributed by atoms with Crippen molar-refractivity contribution in [1.82, 2.24) is 10.6 Å². The van der Waals surface area contributed by atoms with Gasteiger partial charge in [0.25, 0.3) is 11.8 Å². The van der Waals surface area contributed by atoms with Gasteiger partial charge >= 0.3 is 6.03 Å². The molecular formula is C14H12N2O4. The Hall–Kier alpha value is -2.89. The van der Waals surface area contributed by atoms with Gasteiger partial charge in [-0.3, -0.25) is 20.2 Å². The van der Waals surface area contributed by atoms with Crippen LogP contribution in [0.1, 0.15) is 5.56 Å². The monoisotopic (exact) mass is 272 g/mol. The van der Waals surface area contributed by atoms with Crippen LogP contribution in [0.2, 0.25) is 0 Å². The number of nitrogens with one attached hydrogen (secondary N) is 2. The van der Waals surface area contributed by atoms with E-state index < -0.39 is 17.8 Å². The second-order valence-electron chi connectivity index (χ2n) is 3.95. The van der Waals surface area contributed by atoms with Crippen molar-refractivity contribution in [2.45, 2.75) is 0 Å². The van der Waals surface area contributed by atoms with Crippen molar-refractivity contribution in [3.63, 3.8) is 0 Å². The molecule has 1 saturated heterocycles. The lowest BCUT2D eigenvalue weighted by molar-refractivity contribution is -0.124. The number of benzene rings is 1. The minimum atomic E-state index is -0.809.